The summed E-state index contributed by atoms with van der Waals surface area (Å²) >= 11 is 0. The van der Waals surface area contributed by atoms with Crippen LogP contribution in [0.2, 0.25) is 0 Å². The maximum Gasteiger partial charge on any atom is 0.337 e. The lowest BCUT2D eigenvalue weighted by atomic mass is 9.94. The number of carbonyl (C=O) groups excluding carboxylic acids is 3. The molecule has 8 nitrogen and oxygen atoms in total. The molecule has 1 saturated heterocycles. The molecule has 3 aromatic rings. The SMILES string of the molecule is COC(=O)c1ccc(C2/C(=C(/O)c3ccc4c(c3)OCCO4)C(=O)C(=O)N2Cc2ccccc2)cc1. The van der Waals surface area contributed by atoms with Gasteiger partial charge in [0.05, 0.1) is 24.3 Å². The van der Waals surface area contributed by atoms with Gasteiger partial charge in [-0.05, 0) is 41.5 Å². The minimum atomic E-state index is -0.870. The predicted molar refractivity (Wildman–Crippen MR) is 130 cm³/mol. The number of nitrogens with zero attached hydrogens (tertiary/aromatic N) is 1. The van der Waals surface area contributed by atoms with Crippen molar-refractivity contribution in [2.24, 2.45) is 0 Å². The van der Waals surface area contributed by atoms with Gasteiger partial charge in [-0.15, -0.1) is 0 Å². The van der Waals surface area contributed by atoms with Gasteiger partial charge in [0.15, 0.2) is 11.5 Å². The van der Waals surface area contributed by atoms with Crippen LogP contribution in [0.4, 0.5) is 0 Å². The van der Waals surface area contributed by atoms with Gasteiger partial charge < -0.3 is 24.2 Å². The average Bonchev–Trinajstić information content (AvgIpc) is 3.17. The summed E-state index contributed by atoms with van der Waals surface area (Å²) in [4.78, 5) is 39.8. The Hall–Kier alpha value is -4.59. The molecule has 0 saturated carbocycles. The zero-order valence-electron chi connectivity index (χ0n) is 19.5. The van der Waals surface area contributed by atoms with Crippen LogP contribution >= 0.6 is 0 Å². The van der Waals surface area contributed by atoms with Crippen molar-refractivity contribution in [2.75, 3.05) is 20.3 Å². The van der Waals surface area contributed by atoms with Crippen molar-refractivity contribution in [3.63, 3.8) is 0 Å². The van der Waals surface area contributed by atoms with E-state index >= 15 is 0 Å². The quantitative estimate of drug-likeness (QED) is 0.253. The maximum absolute atomic E-state index is 13.3. The fourth-order valence-corrected chi connectivity index (χ4v) is 4.44. The molecule has 1 amide bonds. The third-order valence-corrected chi connectivity index (χ3v) is 6.20. The molecular weight excluding hydrogens is 462 g/mol. The summed E-state index contributed by atoms with van der Waals surface area (Å²) in [6.07, 6.45) is 0. The number of ketones is 1. The van der Waals surface area contributed by atoms with Crippen LogP contribution in [0.15, 0.2) is 78.4 Å². The van der Waals surface area contributed by atoms with E-state index in [-0.39, 0.29) is 17.9 Å². The summed E-state index contributed by atoms with van der Waals surface area (Å²) < 4.78 is 15.9. The van der Waals surface area contributed by atoms with Crippen molar-refractivity contribution < 1.29 is 33.7 Å². The number of amides is 1. The second-order valence-corrected chi connectivity index (χ2v) is 8.38. The van der Waals surface area contributed by atoms with E-state index in [1.165, 1.54) is 12.0 Å². The monoisotopic (exact) mass is 485 g/mol. The summed E-state index contributed by atoms with van der Waals surface area (Å²) in [5.41, 5.74) is 2.01. The van der Waals surface area contributed by atoms with Gasteiger partial charge in [-0.25, -0.2) is 4.79 Å². The zero-order chi connectivity index (χ0) is 25.2. The Morgan fingerprint density at radius 3 is 2.31 bits per heavy atom. The van der Waals surface area contributed by atoms with E-state index < -0.39 is 23.7 Å². The van der Waals surface area contributed by atoms with Crippen LogP contribution in [-0.2, 0) is 20.9 Å². The first-order chi connectivity index (χ1) is 17.5. The Labute approximate surface area is 207 Å². The number of likely N-dealkylation sites (tertiary alicyclic amines) is 1. The third-order valence-electron chi connectivity index (χ3n) is 6.20. The fourth-order valence-electron chi connectivity index (χ4n) is 4.44. The molecule has 0 bridgehead atoms. The number of methoxy groups -OCH3 is 1. The van der Waals surface area contributed by atoms with Crippen LogP contribution in [-0.4, -0.2) is 48.0 Å². The van der Waals surface area contributed by atoms with Crippen molar-refractivity contribution in [3.05, 3.63) is 101 Å². The molecule has 3 aromatic carbocycles. The molecule has 182 valence electrons. The number of rotatable bonds is 5. The molecule has 1 N–H and O–H groups in total. The summed E-state index contributed by atoms with van der Waals surface area (Å²) in [5, 5.41) is 11.3. The molecule has 0 aliphatic carbocycles. The van der Waals surface area contributed by atoms with Gasteiger partial charge >= 0.3 is 5.97 Å². The normalized spacial score (nSPS) is 18.2. The number of carbonyl (C=O) groups is 3. The van der Waals surface area contributed by atoms with Crippen molar-refractivity contribution in [2.45, 2.75) is 12.6 Å². The number of hydrogen-bond donors (Lipinski definition) is 1. The second kappa shape index (κ2) is 9.58. The Morgan fingerprint density at radius 2 is 1.61 bits per heavy atom. The van der Waals surface area contributed by atoms with Crippen molar-refractivity contribution >= 4 is 23.4 Å². The van der Waals surface area contributed by atoms with Crippen LogP contribution < -0.4 is 9.47 Å². The van der Waals surface area contributed by atoms with E-state index in [1.54, 1.807) is 42.5 Å². The highest BCUT2D eigenvalue weighted by atomic mass is 16.6. The topological polar surface area (TPSA) is 102 Å². The number of benzene rings is 3. The molecule has 0 radical (unpaired) electrons. The summed E-state index contributed by atoms with van der Waals surface area (Å²) in [5.74, 6) is -1.35. The van der Waals surface area contributed by atoms with Gasteiger partial charge in [0.25, 0.3) is 11.7 Å². The molecule has 8 heteroatoms. The molecule has 5 rings (SSSR count). The van der Waals surface area contributed by atoms with Crippen LogP contribution in [0.1, 0.15) is 33.1 Å². The highest BCUT2D eigenvalue weighted by Gasteiger charge is 2.46. The maximum atomic E-state index is 13.3. The van der Waals surface area contributed by atoms with Gasteiger partial charge in [0, 0.05) is 12.1 Å². The van der Waals surface area contributed by atoms with Crippen LogP contribution in [0.3, 0.4) is 0 Å². The lowest BCUT2D eigenvalue weighted by Crippen LogP contribution is -2.29. The van der Waals surface area contributed by atoms with Crippen molar-refractivity contribution in [3.8, 4) is 11.5 Å². The van der Waals surface area contributed by atoms with Gasteiger partial charge in [-0.1, -0.05) is 42.5 Å². The predicted octanol–water partition coefficient (Wildman–Crippen LogP) is 3.87. The number of hydrogen-bond acceptors (Lipinski definition) is 7. The molecule has 1 atom stereocenters. The zero-order valence-corrected chi connectivity index (χ0v) is 19.5. The number of esters is 1. The molecule has 0 aromatic heterocycles. The summed E-state index contributed by atoms with van der Waals surface area (Å²) in [6.45, 7) is 0.947. The number of aliphatic hydroxyl groups is 1. The molecule has 1 fully saturated rings. The summed E-state index contributed by atoms with van der Waals surface area (Å²) in [6, 6.07) is 19.7. The first-order valence-corrected chi connectivity index (χ1v) is 11.4. The number of Topliss-reactive ketones (excluding diaryl/α,β-unsaturated/α-hetero) is 1. The van der Waals surface area contributed by atoms with Crippen LogP contribution in [0.5, 0.6) is 11.5 Å². The van der Waals surface area contributed by atoms with E-state index in [0.29, 0.717) is 41.4 Å². The molecule has 1 unspecified atom stereocenters. The van der Waals surface area contributed by atoms with E-state index in [9.17, 15) is 19.5 Å². The summed E-state index contributed by atoms with van der Waals surface area (Å²) in [7, 11) is 1.29. The highest BCUT2D eigenvalue weighted by molar-refractivity contribution is 6.46. The molecular formula is C28H23NO7. The third kappa shape index (κ3) is 4.17. The molecule has 0 spiro atoms. The van der Waals surface area contributed by atoms with Crippen molar-refractivity contribution in [1.29, 1.82) is 0 Å². The fraction of sp³-hybridized carbons (Fsp3) is 0.179. The second-order valence-electron chi connectivity index (χ2n) is 8.38. The van der Waals surface area contributed by atoms with Gasteiger partial charge in [-0.3, -0.25) is 9.59 Å². The van der Waals surface area contributed by atoms with Gasteiger partial charge in [-0.2, -0.15) is 0 Å². The van der Waals surface area contributed by atoms with Crippen LogP contribution in [0, 0.1) is 0 Å². The number of ether oxygens (including phenoxy) is 3. The lowest BCUT2D eigenvalue weighted by molar-refractivity contribution is -0.140. The molecule has 2 heterocycles. The van der Waals surface area contributed by atoms with E-state index in [1.807, 2.05) is 30.3 Å². The van der Waals surface area contributed by atoms with Crippen molar-refractivity contribution in [1.82, 2.24) is 4.90 Å². The average molecular weight is 485 g/mol. The van der Waals surface area contributed by atoms with Crippen LogP contribution in [0.25, 0.3) is 5.76 Å². The Balaban J connectivity index is 1.62. The van der Waals surface area contributed by atoms with E-state index in [4.69, 9.17) is 14.2 Å². The number of fused-ring (bicyclic) bond motifs is 1. The molecule has 2 aliphatic heterocycles. The highest BCUT2D eigenvalue weighted by Crippen LogP contribution is 2.41. The van der Waals surface area contributed by atoms with E-state index in [0.717, 1.165) is 5.56 Å². The molecule has 2 aliphatic rings. The smallest absolute Gasteiger partial charge is 0.337 e. The first kappa shape index (κ1) is 23.2. The first-order valence-electron chi connectivity index (χ1n) is 11.4. The largest absolute Gasteiger partial charge is 0.507 e. The number of aliphatic hydroxyl groups excluding tert-OH is 1. The minimum absolute atomic E-state index is 0.0431. The standard InChI is InChI=1S/C28H23NO7/c1-34-28(33)19-9-7-18(8-10-19)24-23(25(30)20-11-12-21-22(15-20)36-14-13-35-21)26(31)27(32)29(24)16-17-5-3-2-4-6-17/h2-12,15,24,30H,13-14,16H2,1H3/b25-23-. The Morgan fingerprint density at radius 1 is 0.944 bits per heavy atom. The van der Waals surface area contributed by atoms with Gasteiger partial charge in [0.2, 0.25) is 0 Å². The van der Waals surface area contributed by atoms with Gasteiger partial charge in [0.1, 0.15) is 19.0 Å². The Bertz CT molecular complexity index is 1360. The molecule has 36 heavy (non-hydrogen) atoms. The lowest BCUT2D eigenvalue weighted by Gasteiger charge is -2.26. The van der Waals surface area contributed by atoms with E-state index in [2.05, 4.69) is 0 Å². The Kier molecular flexibility index (Phi) is 6.16. The minimum Gasteiger partial charge on any atom is -0.507 e.